The van der Waals surface area contributed by atoms with Gasteiger partial charge in [-0.1, -0.05) is 0 Å². The van der Waals surface area contributed by atoms with Crippen LogP contribution >= 0.6 is 0 Å². The number of rotatable bonds is 1. The first-order valence-corrected chi connectivity index (χ1v) is 2.79. The van der Waals surface area contributed by atoms with E-state index in [-0.39, 0.29) is 0 Å². The van der Waals surface area contributed by atoms with Crippen LogP contribution in [0.2, 0.25) is 0 Å². The summed E-state index contributed by atoms with van der Waals surface area (Å²) in [5.41, 5.74) is 0. The molecule has 2 heteroatoms. The van der Waals surface area contributed by atoms with Gasteiger partial charge in [-0.2, -0.15) is 0 Å². The Bertz CT molecular complexity index is 116. The van der Waals surface area contributed by atoms with Crippen molar-refractivity contribution in [3.8, 4) is 0 Å². The van der Waals surface area contributed by atoms with Crippen LogP contribution in [0.3, 0.4) is 0 Å². The molecule has 1 aliphatic rings. The van der Waals surface area contributed by atoms with E-state index in [1.807, 2.05) is 19.5 Å². The maximum atomic E-state index is 3.93. The van der Waals surface area contributed by atoms with Gasteiger partial charge in [0.25, 0.3) is 0 Å². The minimum Gasteiger partial charge on any atom is -0.313 e. The minimum atomic E-state index is 0.507. The molecule has 0 saturated carbocycles. The molecule has 0 aromatic rings. The van der Waals surface area contributed by atoms with Gasteiger partial charge in [0.1, 0.15) is 0 Å². The standard InChI is InChI=1S/C6H10N2/c1-7-6-2-4-8-5-3-6/h2,4-7H,3H2,1H3/t6-/m0/s1. The van der Waals surface area contributed by atoms with Crippen LogP contribution < -0.4 is 5.32 Å². The van der Waals surface area contributed by atoms with Gasteiger partial charge in [0.15, 0.2) is 0 Å². The first-order valence-electron chi connectivity index (χ1n) is 2.79. The van der Waals surface area contributed by atoms with Crippen LogP contribution in [0, 0.1) is 0 Å². The average Bonchev–Trinajstić information content (AvgIpc) is 1.90. The Morgan fingerprint density at radius 1 is 1.75 bits per heavy atom. The van der Waals surface area contributed by atoms with Gasteiger partial charge in [-0.25, -0.2) is 0 Å². The van der Waals surface area contributed by atoms with E-state index in [1.165, 1.54) is 0 Å². The molecule has 0 aliphatic carbocycles. The van der Waals surface area contributed by atoms with Crippen molar-refractivity contribution in [3.05, 3.63) is 12.3 Å². The van der Waals surface area contributed by atoms with Crippen molar-refractivity contribution in [1.82, 2.24) is 5.32 Å². The van der Waals surface area contributed by atoms with Gasteiger partial charge < -0.3 is 5.32 Å². The number of nitrogens with zero attached hydrogens (tertiary/aromatic N) is 1. The van der Waals surface area contributed by atoms with Crippen molar-refractivity contribution in [1.29, 1.82) is 0 Å². The van der Waals surface area contributed by atoms with Crippen molar-refractivity contribution >= 4 is 6.21 Å². The van der Waals surface area contributed by atoms with Crippen LogP contribution in [0.5, 0.6) is 0 Å². The molecule has 0 saturated heterocycles. The van der Waals surface area contributed by atoms with E-state index in [1.54, 1.807) is 0 Å². The van der Waals surface area contributed by atoms with Crippen molar-refractivity contribution in [2.45, 2.75) is 12.5 Å². The van der Waals surface area contributed by atoms with Crippen molar-refractivity contribution in [2.24, 2.45) is 4.99 Å². The molecule has 0 amide bonds. The number of nitrogens with one attached hydrogen (secondary N) is 1. The van der Waals surface area contributed by atoms with Gasteiger partial charge in [-0.05, 0) is 13.1 Å². The molecule has 0 spiro atoms. The zero-order chi connectivity index (χ0) is 5.82. The molecular weight excluding hydrogens is 100 g/mol. The summed E-state index contributed by atoms with van der Waals surface area (Å²) in [7, 11) is 1.95. The Kier molecular flexibility index (Phi) is 1.80. The second-order valence-corrected chi connectivity index (χ2v) is 1.80. The van der Waals surface area contributed by atoms with Crippen LogP contribution in [-0.4, -0.2) is 19.3 Å². The largest absolute Gasteiger partial charge is 0.313 e. The summed E-state index contributed by atoms with van der Waals surface area (Å²) in [6, 6.07) is 0.507. The molecule has 2 nitrogen and oxygen atoms in total. The lowest BCUT2D eigenvalue weighted by Gasteiger charge is -2.08. The number of aliphatic imine (C=N–C) groups is 1. The smallest absolute Gasteiger partial charge is 0.0314 e. The van der Waals surface area contributed by atoms with E-state index in [2.05, 4.69) is 16.4 Å². The van der Waals surface area contributed by atoms with E-state index in [0.29, 0.717) is 6.04 Å². The fourth-order valence-electron chi connectivity index (χ4n) is 0.682. The Morgan fingerprint density at radius 3 is 3.00 bits per heavy atom. The quantitative estimate of drug-likeness (QED) is 0.524. The zero-order valence-electron chi connectivity index (χ0n) is 4.96. The lowest BCUT2D eigenvalue weighted by molar-refractivity contribution is 0.690. The molecule has 1 rings (SSSR count). The topological polar surface area (TPSA) is 24.4 Å². The average molecular weight is 110 g/mol. The summed E-state index contributed by atoms with van der Waals surface area (Å²) in [6.07, 6.45) is 6.82. The van der Waals surface area contributed by atoms with Crippen LogP contribution in [0.4, 0.5) is 0 Å². The summed E-state index contributed by atoms with van der Waals surface area (Å²) < 4.78 is 0. The van der Waals surface area contributed by atoms with Gasteiger partial charge in [0, 0.05) is 24.9 Å². The molecular formula is C6H10N2. The summed E-state index contributed by atoms with van der Waals surface area (Å²) >= 11 is 0. The maximum absolute atomic E-state index is 3.93. The first kappa shape index (κ1) is 5.51. The highest BCUT2D eigenvalue weighted by Crippen LogP contribution is 1.95. The Balaban J connectivity index is 2.40. The van der Waals surface area contributed by atoms with Crippen LogP contribution in [-0.2, 0) is 0 Å². The lowest BCUT2D eigenvalue weighted by atomic mass is 10.2. The first-order chi connectivity index (χ1) is 3.93. The highest BCUT2D eigenvalue weighted by Gasteiger charge is 1.99. The Labute approximate surface area is 49.3 Å². The molecule has 44 valence electrons. The summed E-state index contributed by atoms with van der Waals surface area (Å²) in [5, 5.41) is 3.13. The molecule has 0 bridgehead atoms. The molecule has 0 fully saturated rings. The third-order valence-electron chi connectivity index (χ3n) is 1.24. The maximum Gasteiger partial charge on any atom is 0.0314 e. The van der Waals surface area contributed by atoms with E-state index < -0.39 is 0 Å². The zero-order valence-corrected chi connectivity index (χ0v) is 4.96. The molecule has 1 atom stereocenters. The molecule has 1 heterocycles. The number of hydrogen-bond acceptors (Lipinski definition) is 2. The van der Waals surface area contributed by atoms with Crippen LogP contribution in [0.15, 0.2) is 17.3 Å². The Morgan fingerprint density at radius 2 is 2.62 bits per heavy atom. The van der Waals surface area contributed by atoms with E-state index in [0.717, 1.165) is 6.42 Å². The summed E-state index contributed by atoms with van der Waals surface area (Å²) in [5.74, 6) is 0. The summed E-state index contributed by atoms with van der Waals surface area (Å²) in [6.45, 7) is 0. The summed E-state index contributed by atoms with van der Waals surface area (Å²) in [4.78, 5) is 3.93. The monoisotopic (exact) mass is 110 g/mol. The van der Waals surface area contributed by atoms with Gasteiger partial charge in [0.2, 0.25) is 0 Å². The fourth-order valence-corrected chi connectivity index (χ4v) is 0.682. The van der Waals surface area contributed by atoms with Crippen LogP contribution in [0.25, 0.3) is 0 Å². The molecule has 0 radical (unpaired) electrons. The SMILES string of the molecule is CN[C@H]1C=CN=CC1. The van der Waals surface area contributed by atoms with Crippen molar-refractivity contribution in [3.63, 3.8) is 0 Å². The Hall–Kier alpha value is -0.630. The molecule has 1 N–H and O–H groups in total. The number of likely N-dealkylation sites (N-methyl/N-ethyl adjacent to an activating group) is 1. The van der Waals surface area contributed by atoms with E-state index in [9.17, 15) is 0 Å². The number of hydrogen-bond donors (Lipinski definition) is 1. The highest BCUT2D eigenvalue weighted by atomic mass is 14.9. The fraction of sp³-hybridized carbons (Fsp3) is 0.500. The van der Waals surface area contributed by atoms with Crippen LogP contribution in [0.1, 0.15) is 6.42 Å². The van der Waals surface area contributed by atoms with E-state index in [4.69, 9.17) is 0 Å². The normalized spacial score (nSPS) is 26.4. The molecule has 0 aromatic carbocycles. The van der Waals surface area contributed by atoms with Gasteiger partial charge in [-0.3, -0.25) is 4.99 Å². The predicted molar refractivity (Wildman–Crippen MR) is 35.1 cm³/mol. The minimum absolute atomic E-state index is 0.507. The highest BCUT2D eigenvalue weighted by molar-refractivity contribution is 5.60. The molecule has 0 unspecified atom stereocenters. The van der Waals surface area contributed by atoms with Gasteiger partial charge >= 0.3 is 0 Å². The second kappa shape index (κ2) is 2.62. The predicted octanol–water partition coefficient (Wildman–Crippen LogP) is 0.563. The molecule has 8 heavy (non-hydrogen) atoms. The van der Waals surface area contributed by atoms with Crippen molar-refractivity contribution < 1.29 is 0 Å². The lowest BCUT2D eigenvalue weighted by Crippen LogP contribution is -2.23. The van der Waals surface area contributed by atoms with Gasteiger partial charge in [-0.15, -0.1) is 0 Å². The van der Waals surface area contributed by atoms with Gasteiger partial charge in [0.05, 0.1) is 0 Å². The molecule has 1 aliphatic heterocycles. The second-order valence-electron chi connectivity index (χ2n) is 1.80. The van der Waals surface area contributed by atoms with E-state index >= 15 is 0 Å². The molecule has 0 aromatic heterocycles. The third-order valence-corrected chi connectivity index (χ3v) is 1.24. The third kappa shape index (κ3) is 1.17. The van der Waals surface area contributed by atoms with Crippen molar-refractivity contribution in [2.75, 3.05) is 7.05 Å².